The fraction of sp³-hybridized carbons (Fsp3) is 0.261. The lowest BCUT2D eigenvalue weighted by Gasteiger charge is -2.08. The number of nitrogens with one attached hydrogen (secondary N) is 2. The van der Waals surface area contributed by atoms with Gasteiger partial charge < -0.3 is 15.4 Å². The minimum atomic E-state index is -0.143. The number of hydrogen-bond acceptors (Lipinski definition) is 5. The summed E-state index contributed by atoms with van der Waals surface area (Å²) < 4.78 is 6.60. The molecule has 2 aromatic carbocycles. The van der Waals surface area contributed by atoms with Gasteiger partial charge in [-0.3, -0.25) is 9.59 Å². The Balaban J connectivity index is 1.18. The molecule has 30 heavy (non-hydrogen) atoms. The summed E-state index contributed by atoms with van der Waals surface area (Å²) in [6.45, 7) is 0.569. The van der Waals surface area contributed by atoms with E-state index in [1.54, 1.807) is 17.4 Å². The van der Waals surface area contributed by atoms with Gasteiger partial charge in [-0.2, -0.15) is 0 Å². The monoisotopic (exact) mass is 421 g/mol. The lowest BCUT2D eigenvalue weighted by atomic mass is 10.1. The van der Waals surface area contributed by atoms with Crippen LogP contribution in [0.25, 0.3) is 16.3 Å². The molecule has 2 N–H and O–H groups in total. The molecule has 0 bridgehead atoms. The van der Waals surface area contributed by atoms with Crippen LogP contribution < -0.4 is 15.4 Å². The second-order valence-electron chi connectivity index (χ2n) is 7.17. The largest absolute Gasteiger partial charge is 0.484 e. The normalized spacial score (nSPS) is 13.5. The number of nitrogens with zero attached hydrogens (tertiary/aromatic N) is 1. The molecule has 4 rings (SSSR count). The van der Waals surface area contributed by atoms with Crippen molar-refractivity contribution in [1.29, 1.82) is 0 Å². The van der Waals surface area contributed by atoms with Crippen LogP contribution in [0, 0.1) is 0 Å². The van der Waals surface area contributed by atoms with Crippen molar-refractivity contribution in [2.24, 2.45) is 0 Å². The van der Waals surface area contributed by atoms with Crippen LogP contribution in [-0.4, -0.2) is 36.0 Å². The Morgan fingerprint density at radius 1 is 1.13 bits per heavy atom. The fourth-order valence-electron chi connectivity index (χ4n) is 2.90. The van der Waals surface area contributed by atoms with Gasteiger partial charge in [0.25, 0.3) is 5.91 Å². The maximum absolute atomic E-state index is 12.0. The van der Waals surface area contributed by atoms with Crippen molar-refractivity contribution < 1.29 is 14.3 Å². The number of hydrogen-bond donors (Lipinski definition) is 2. The summed E-state index contributed by atoms with van der Waals surface area (Å²) in [5.41, 5.74) is 2.03. The van der Waals surface area contributed by atoms with Gasteiger partial charge in [-0.25, -0.2) is 4.98 Å². The van der Waals surface area contributed by atoms with Crippen molar-refractivity contribution >= 4 is 39.4 Å². The molecule has 154 valence electrons. The van der Waals surface area contributed by atoms with Crippen molar-refractivity contribution in [3.8, 4) is 5.75 Å². The second kappa shape index (κ2) is 9.54. The van der Waals surface area contributed by atoms with Crippen LogP contribution in [0.1, 0.15) is 23.4 Å². The summed E-state index contributed by atoms with van der Waals surface area (Å²) in [5, 5.41) is 6.58. The second-order valence-corrected chi connectivity index (χ2v) is 8.23. The number of ether oxygens (including phenoxy) is 1. The molecule has 0 unspecified atom stereocenters. The summed E-state index contributed by atoms with van der Waals surface area (Å²) in [7, 11) is 0. The van der Waals surface area contributed by atoms with Crippen LogP contribution in [-0.2, 0) is 16.0 Å². The smallest absolute Gasteiger partial charge is 0.258 e. The van der Waals surface area contributed by atoms with Crippen molar-refractivity contribution in [2.75, 3.05) is 13.2 Å². The third kappa shape index (κ3) is 5.90. The molecular formula is C23H23N3O3S. The van der Waals surface area contributed by atoms with Crippen LogP contribution in [0.15, 0.2) is 54.6 Å². The molecule has 7 heteroatoms. The molecule has 6 nitrogen and oxygen atoms in total. The van der Waals surface area contributed by atoms with Crippen molar-refractivity contribution in [3.05, 3.63) is 65.2 Å². The van der Waals surface area contributed by atoms with Crippen molar-refractivity contribution in [1.82, 2.24) is 15.6 Å². The number of carbonyl (C=O) groups excluding carboxylic acids is 2. The number of benzene rings is 2. The summed E-state index contributed by atoms with van der Waals surface area (Å²) in [6, 6.07) is 15.8. The number of carbonyl (C=O) groups is 2. The summed E-state index contributed by atoms with van der Waals surface area (Å²) in [6.07, 6.45) is 6.10. The van der Waals surface area contributed by atoms with Gasteiger partial charge in [0.05, 0.1) is 10.2 Å². The molecule has 0 spiro atoms. The predicted octanol–water partition coefficient (Wildman–Crippen LogP) is 3.33. The summed E-state index contributed by atoms with van der Waals surface area (Å²) >= 11 is 1.56. The molecule has 1 aromatic heterocycles. The zero-order valence-corrected chi connectivity index (χ0v) is 17.3. The highest BCUT2D eigenvalue weighted by atomic mass is 32.1. The molecule has 0 aliphatic heterocycles. The molecule has 0 saturated heterocycles. The van der Waals surface area contributed by atoms with E-state index in [1.165, 1.54) is 6.08 Å². The average Bonchev–Trinajstić information content (AvgIpc) is 3.46. The van der Waals surface area contributed by atoms with E-state index >= 15 is 0 Å². The summed E-state index contributed by atoms with van der Waals surface area (Å²) in [4.78, 5) is 28.1. The predicted molar refractivity (Wildman–Crippen MR) is 118 cm³/mol. The number of rotatable bonds is 9. The van der Waals surface area contributed by atoms with Gasteiger partial charge in [0.2, 0.25) is 5.91 Å². The standard InChI is InChI=1S/C23H23N3O3S/c27-21(11-12-23-26-19-3-1-2-4-20(19)30-23)24-14-13-16-5-9-18(10-6-16)29-15-22(28)25-17-7-8-17/h1-6,9-12,17H,7-8,13-15H2,(H,24,27)(H,25,28)/b12-11+. The van der Waals surface area contributed by atoms with E-state index in [1.807, 2.05) is 48.5 Å². The Labute approximate surface area is 179 Å². The Bertz CT molecular complexity index is 1020. The Kier molecular flexibility index (Phi) is 6.39. The lowest BCUT2D eigenvalue weighted by Crippen LogP contribution is -2.30. The maximum Gasteiger partial charge on any atom is 0.258 e. The van der Waals surface area contributed by atoms with Crippen LogP contribution in [0.4, 0.5) is 0 Å². The molecular weight excluding hydrogens is 398 g/mol. The van der Waals surface area contributed by atoms with E-state index in [9.17, 15) is 9.59 Å². The first-order valence-corrected chi connectivity index (χ1v) is 10.8. The SMILES string of the molecule is O=C(/C=C/c1nc2ccccc2s1)NCCc1ccc(OCC(=O)NC2CC2)cc1. The molecule has 3 aromatic rings. The first-order chi connectivity index (χ1) is 14.7. The lowest BCUT2D eigenvalue weighted by molar-refractivity contribution is -0.123. The quantitative estimate of drug-likeness (QED) is 0.520. The van der Waals surface area contributed by atoms with Gasteiger partial charge in [-0.15, -0.1) is 11.3 Å². The maximum atomic E-state index is 12.0. The Morgan fingerprint density at radius 3 is 2.70 bits per heavy atom. The van der Waals surface area contributed by atoms with Crippen molar-refractivity contribution in [2.45, 2.75) is 25.3 Å². The van der Waals surface area contributed by atoms with Crippen LogP contribution in [0.3, 0.4) is 0 Å². The molecule has 1 saturated carbocycles. The Morgan fingerprint density at radius 2 is 1.93 bits per heavy atom. The molecule has 1 aliphatic carbocycles. The molecule has 0 radical (unpaired) electrons. The molecule has 2 amide bonds. The first kappa shape index (κ1) is 20.1. The third-order valence-electron chi connectivity index (χ3n) is 4.64. The van der Waals surface area contributed by atoms with E-state index in [2.05, 4.69) is 15.6 Å². The highest BCUT2D eigenvalue weighted by Gasteiger charge is 2.23. The van der Waals surface area contributed by atoms with Gasteiger partial charge in [-0.05, 0) is 55.2 Å². The van der Waals surface area contributed by atoms with Crippen LogP contribution in [0.2, 0.25) is 0 Å². The number of fused-ring (bicyclic) bond motifs is 1. The molecule has 1 aliphatic rings. The van der Waals surface area contributed by atoms with Crippen LogP contribution >= 0.6 is 11.3 Å². The van der Waals surface area contributed by atoms with Gasteiger partial charge in [0, 0.05) is 18.7 Å². The molecule has 0 atom stereocenters. The number of amides is 2. The summed E-state index contributed by atoms with van der Waals surface area (Å²) in [5.74, 6) is 0.437. The fourth-order valence-corrected chi connectivity index (χ4v) is 3.77. The molecule has 1 fully saturated rings. The van der Waals surface area contributed by atoms with Gasteiger partial charge >= 0.3 is 0 Å². The number of thiazole rings is 1. The Hall–Kier alpha value is -3.19. The van der Waals surface area contributed by atoms with Gasteiger partial charge in [0.15, 0.2) is 6.61 Å². The highest BCUT2D eigenvalue weighted by Crippen LogP contribution is 2.22. The topological polar surface area (TPSA) is 80.3 Å². The van der Waals surface area contributed by atoms with E-state index in [-0.39, 0.29) is 18.4 Å². The van der Waals surface area contributed by atoms with E-state index < -0.39 is 0 Å². The zero-order chi connectivity index (χ0) is 20.8. The van der Waals surface area contributed by atoms with E-state index in [4.69, 9.17) is 4.74 Å². The average molecular weight is 422 g/mol. The minimum absolute atomic E-state index is 0.0346. The van der Waals surface area contributed by atoms with Crippen LogP contribution in [0.5, 0.6) is 5.75 Å². The van der Waals surface area contributed by atoms with E-state index in [0.29, 0.717) is 24.8 Å². The van der Waals surface area contributed by atoms with Crippen molar-refractivity contribution in [3.63, 3.8) is 0 Å². The van der Waals surface area contributed by atoms with Gasteiger partial charge in [0.1, 0.15) is 10.8 Å². The third-order valence-corrected chi connectivity index (χ3v) is 5.64. The minimum Gasteiger partial charge on any atom is -0.484 e. The number of para-hydroxylation sites is 1. The number of aromatic nitrogens is 1. The van der Waals surface area contributed by atoms with Gasteiger partial charge in [-0.1, -0.05) is 24.3 Å². The zero-order valence-electron chi connectivity index (χ0n) is 16.5. The van der Waals surface area contributed by atoms with E-state index in [0.717, 1.165) is 33.6 Å². The first-order valence-electron chi connectivity index (χ1n) is 9.98. The molecule has 1 heterocycles. The highest BCUT2D eigenvalue weighted by molar-refractivity contribution is 7.19.